The molecular formula is C16H18BrClN2. The van der Waals surface area contributed by atoms with Crippen LogP contribution in [0.1, 0.15) is 24.1 Å². The summed E-state index contributed by atoms with van der Waals surface area (Å²) in [7, 11) is 2.07. The zero-order chi connectivity index (χ0) is 14.7. The van der Waals surface area contributed by atoms with Gasteiger partial charge in [-0.05, 0) is 52.2 Å². The molecule has 2 rings (SSSR count). The zero-order valence-electron chi connectivity index (χ0n) is 11.6. The molecule has 2 aromatic rings. The van der Waals surface area contributed by atoms with E-state index in [2.05, 4.69) is 59.1 Å². The summed E-state index contributed by atoms with van der Waals surface area (Å²) in [5, 5.41) is 0.793. The van der Waals surface area contributed by atoms with Gasteiger partial charge >= 0.3 is 0 Å². The van der Waals surface area contributed by atoms with E-state index in [9.17, 15) is 0 Å². The lowest BCUT2D eigenvalue weighted by atomic mass is 10.1. The highest BCUT2D eigenvalue weighted by Crippen LogP contribution is 2.34. The molecule has 2 aromatic carbocycles. The van der Waals surface area contributed by atoms with E-state index in [0.717, 1.165) is 26.3 Å². The van der Waals surface area contributed by atoms with Crippen LogP contribution in [-0.2, 0) is 6.54 Å². The molecule has 0 radical (unpaired) electrons. The van der Waals surface area contributed by atoms with Gasteiger partial charge in [-0.3, -0.25) is 0 Å². The first-order valence-electron chi connectivity index (χ1n) is 6.50. The average molecular weight is 354 g/mol. The maximum atomic E-state index is 6.28. The number of halogens is 2. The second-order valence-corrected chi connectivity index (χ2v) is 6.06. The summed E-state index contributed by atoms with van der Waals surface area (Å²) in [5.74, 6) is 0. The van der Waals surface area contributed by atoms with Crippen molar-refractivity contribution in [2.24, 2.45) is 5.73 Å². The minimum atomic E-state index is 0.184. The van der Waals surface area contributed by atoms with Crippen molar-refractivity contribution in [1.29, 1.82) is 0 Å². The number of benzene rings is 2. The van der Waals surface area contributed by atoms with E-state index in [4.69, 9.17) is 17.3 Å². The molecule has 20 heavy (non-hydrogen) atoms. The molecule has 2 N–H and O–H groups in total. The van der Waals surface area contributed by atoms with Crippen LogP contribution in [0.3, 0.4) is 0 Å². The van der Waals surface area contributed by atoms with E-state index in [1.807, 2.05) is 18.2 Å². The van der Waals surface area contributed by atoms with Crippen molar-refractivity contribution in [3.63, 3.8) is 0 Å². The smallest absolute Gasteiger partial charge is 0.0526 e. The van der Waals surface area contributed by atoms with Gasteiger partial charge < -0.3 is 10.6 Å². The van der Waals surface area contributed by atoms with Gasteiger partial charge in [-0.1, -0.05) is 35.9 Å². The molecule has 0 aliphatic carbocycles. The van der Waals surface area contributed by atoms with Gasteiger partial charge in [0.1, 0.15) is 0 Å². The van der Waals surface area contributed by atoms with Gasteiger partial charge in [0.2, 0.25) is 0 Å². The van der Waals surface area contributed by atoms with Crippen LogP contribution in [0.4, 0.5) is 5.69 Å². The standard InChI is InChI=1S/C16H18BrClN2/c1-11(13-5-3-4-6-15(13)18)20(2)16-8-7-12(10-19)9-14(16)17/h3-9,11H,10,19H2,1-2H3. The molecule has 0 heterocycles. The number of nitrogens with two attached hydrogens (primary N) is 1. The molecule has 1 atom stereocenters. The number of hydrogen-bond donors (Lipinski definition) is 1. The number of anilines is 1. The van der Waals surface area contributed by atoms with E-state index >= 15 is 0 Å². The van der Waals surface area contributed by atoms with E-state index in [0.29, 0.717) is 6.54 Å². The first-order valence-corrected chi connectivity index (χ1v) is 7.67. The fourth-order valence-corrected chi connectivity index (χ4v) is 3.19. The van der Waals surface area contributed by atoms with Crippen LogP contribution < -0.4 is 10.6 Å². The van der Waals surface area contributed by atoms with Gasteiger partial charge in [0, 0.05) is 23.1 Å². The molecular weight excluding hydrogens is 336 g/mol. The van der Waals surface area contributed by atoms with Crippen LogP contribution in [0.25, 0.3) is 0 Å². The molecule has 0 fully saturated rings. The van der Waals surface area contributed by atoms with Gasteiger partial charge in [-0.2, -0.15) is 0 Å². The Morgan fingerprint density at radius 3 is 2.55 bits per heavy atom. The third kappa shape index (κ3) is 3.17. The lowest BCUT2D eigenvalue weighted by Gasteiger charge is -2.29. The zero-order valence-corrected chi connectivity index (χ0v) is 13.9. The van der Waals surface area contributed by atoms with Gasteiger partial charge in [0.15, 0.2) is 0 Å². The average Bonchev–Trinajstić information content (AvgIpc) is 2.46. The monoisotopic (exact) mass is 352 g/mol. The van der Waals surface area contributed by atoms with E-state index < -0.39 is 0 Å². The normalized spacial score (nSPS) is 12.2. The molecule has 0 aliphatic rings. The Morgan fingerprint density at radius 2 is 1.95 bits per heavy atom. The molecule has 0 aliphatic heterocycles. The molecule has 106 valence electrons. The first-order chi connectivity index (χ1) is 9.54. The van der Waals surface area contributed by atoms with Crippen LogP contribution in [0.15, 0.2) is 46.9 Å². The van der Waals surface area contributed by atoms with Gasteiger partial charge in [-0.25, -0.2) is 0 Å². The molecule has 0 bridgehead atoms. The van der Waals surface area contributed by atoms with Crippen molar-refractivity contribution < 1.29 is 0 Å². The largest absolute Gasteiger partial charge is 0.367 e. The Bertz CT molecular complexity index is 601. The van der Waals surface area contributed by atoms with Crippen molar-refractivity contribution in [3.8, 4) is 0 Å². The van der Waals surface area contributed by atoms with Crippen LogP contribution >= 0.6 is 27.5 Å². The van der Waals surface area contributed by atoms with Crippen LogP contribution in [0, 0.1) is 0 Å². The Hall–Kier alpha value is -1.03. The minimum absolute atomic E-state index is 0.184. The van der Waals surface area contributed by atoms with Crippen LogP contribution in [0.2, 0.25) is 5.02 Å². The SMILES string of the molecule is CC(c1ccccc1Cl)N(C)c1ccc(CN)cc1Br. The first kappa shape index (κ1) is 15.4. The van der Waals surface area contributed by atoms with Crippen molar-refractivity contribution in [2.45, 2.75) is 19.5 Å². The molecule has 1 unspecified atom stereocenters. The van der Waals surface area contributed by atoms with Crippen LogP contribution in [-0.4, -0.2) is 7.05 Å². The fraction of sp³-hybridized carbons (Fsp3) is 0.250. The second kappa shape index (κ2) is 6.61. The highest BCUT2D eigenvalue weighted by atomic mass is 79.9. The molecule has 0 amide bonds. The van der Waals surface area contributed by atoms with E-state index in [-0.39, 0.29) is 6.04 Å². The fourth-order valence-electron chi connectivity index (χ4n) is 2.19. The number of nitrogens with zero attached hydrogens (tertiary/aromatic N) is 1. The molecule has 4 heteroatoms. The Labute approximate surface area is 133 Å². The van der Waals surface area contributed by atoms with Crippen molar-refractivity contribution in [1.82, 2.24) is 0 Å². The Morgan fingerprint density at radius 1 is 1.25 bits per heavy atom. The maximum absolute atomic E-state index is 6.28. The van der Waals surface area contributed by atoms with Gasteiger partial charge in [0.25, 0.3) is 0 Å². The van der Waals surface area contributed by atoms with Gasteiger partial charge in [-0.15, -0.1) is 0 Å². The third-order valence-corrected chi connectivity index (χ3v) is 4.54. The van der Waals surface area contributed by atoms with Crippen LogP contribution in [0.5, 0.6) is 0 Å². The number of rotatable bonds is 4. The Kier molecular flexibility index (Phi) is 5.08. The second-order valence-electron chi connectivity index (χ2n) is 4.80. The summed E-state index contributed by atoms with van der Waals surface area (Å²) >= 11 is 9.90. The maximum Gasteiger partial charge on any atom is 0.0526 e. The molecule has 0 spiro atoms. The number of hydrogen-bond acceptors (Lipinski definition) is 2. The summed E-state index contributed by atoms with van der Waals surface area (Å²) in [5.41, 5.74) is 9.01. The van der Waals surface area contributed by atoms with E-state index in [1.165, 1.54) is 0 Å². The lowest BCUT2D eigenvalue weighted by Crippen LogP contribution is -2.22. The minimum Gasteiger partial charge on any atom is -0.367 e. The highest BCUT2D eigenvalue weighted by molar-refractivity contribution is 9.10. The Balaban J connectivity index is 2.31. The van der Waals surface area contributed by atoms with Crippen molar-refractivity contribution >= 4 is 33.2 Å². The quantitative estimate of drug-likeness (QED) is 0.858. The predicted octanol–water partition coefficient (Wildman–Crippen LogP) is 4.76. The summed E-state index contributed by atoms with van der Waals surface area (Å²) in [6.07, 6.45) is 0. The molecule has 2 nitrogen and oxygen atoms in total. The summed E-state index contributed by atoms with van der Waals surface area (Å²) in [6.45, 7) is 2.69. The lowest BCUT2D eigenvalue weighted by molar-refractivity contribution is 0.738. The topological polar surface area (TPSA) is 29.3 Å². The summed E-state index contributed by atoms with van der Waals surface area (Å²) in [4.78, 5) is 2.20. The molecule has 0 saturated carbocycles. The highest BCUT2D eigenvalue weighted by Gasteiger charge is 2.16. The van der Waals surface area contributed by atoms with Crippen molar-refractivity contribution in [2.75, 3.05) is 11.9 Å². The van der Waals surface area contributed by atoms with Gasteiger partial charge in [0.05, 0.1) is 11.7 Å². The van der Waals surface area contributed by atoms with Crippen molar-refractivity contribution in [3.05, 3.63) is 63.1 Å². The molecule has 0 saturated heterocycles. The molecule has 0 aromatic heterocycles. The third-order valence-electron chi connectivity index (χ3n) is 3.56. The van der Waals surface area contributed by atoms with E-state index in [1.54, 1.807) is 0 Å². The summed E-state index contributed by atoms with van der Waals surface area (Å²) in [6, 6.07) is 14.3. The summed E-state index contributed by atoms with van der Waals surface area (Å²) < 4.78 is 1.04. The predicted molar refractivity (Wildman–Crippen MR) is 90.3 cm³/mol.